The lowest BCUT2D eigenvalue weighted by atomic mass is 9.90. The minimum atomic E-state index is -2.80. The molecule has 2 amide bonds. The van der Waals surface area contributed by atoms with Crippen LogP contribution in [0.4, 0.5) is 13.6 Å². The third kappa shape index (κ3) is 4.62. The molecule has 0 aliphatic carbocycles. The molecule has 0 radical (unpaired) electrons. The maximum absolute atomic E-state index is 11.7. The lowest BCUT2D eigenvalue weighted by molar-refractivity contribution is -0.147. The number of hydrogen-bond donors (Lipinski definition) is 2. The summed E-state index contributed by atoms with van der Waals surface area (Å²) >= 11 is 0. The fourth-order valence-corrected chi connectivity index (χ4v) is 1.86. The lowest BCUT2D eigenvalue weighted by Crippen LogP contribution is -2.41. The maximum atomic E-state index is 11.7. The maximum Gasteiger partial charge on any atom is 0.345 e. The van der Waals surface area contributed by atoms with Crippen LogP contribution < -0.4 is 5.32 Å². The van der Waals surface area contributed by atoms with Gasteiger partial charge in [-0.15, -0.1) is 0 Å². The molecule has 19 heavy (non-hydrogen) atoms. The van der Waals surface area contributed by atoms with Gasteiger partial charge in [0, 0.05) is 19.6 Å². The van der Waals surface area contributed by atoms with E-state index in [9.17, 15) is 18.4 Å². The van der Waals surface area contributed by atoms with Gasteiger partial charge in [0.05, 0.1) is 12.0 Å². The zero-order valence-corrected chi connectivity index (χ0v) is 10.7. The van der Waals surface area contributed by atoms with Crippen molar-refractivity contribution in [1.82, 2.24) is 10.2 Å². The van der Waals surface area contributed by atoms with Gasteiger partial charge < -0.3 is 20.1 Å². The predicted molar refractivity (Wildman–Crippen MR) is 61.9 cm³/mol. The van der Waals surface area contributed by atoms with Gasteiger partial charge >= 0.3 is 18.6 Å². The van der Waals surface area contributed by atoms with Gasteiger partial charge in [-0.25, -0.2) is 4.79 Å². The van der Waals surface area contributed by atoms with E-state index in [0.717, 1.165) is 0 Å². The third-order valence-electron chi connectivity index (χ3n) is 3.12. The third-order valence-corrected chi connectivity index (χ3v) is 3.12. The number of alkyl halides is 2. The first kappa shape index (κ1) is 15.6. The second kappa shape index (κ2) is 6.65. The summed E-state index contributed by atoms with van der Waals surface area (Å²) in [6.45, 7) is -0.592. The van der Waals surface area contributed by atoms with Crippen molar-refractivity contribution in [1.29, 1.82) is 0 Å². The van der Waals surface area contributed by atoms with Crippen molar-refractivity contribution in [2.75, 3.05) is 26.2 Å². The standard InChI is InChI=1S/C11H18F2N2O4/c1-11(8(16)17)3-5-15(7-11)10(18)14-4-2-6-19-9(12)13/h9H,2-7H2,1H3,(H,14,18)(H,16,17). The van der Waals surface area contributed by atoms with Gasteiger partial charge in [-0.05, 0) is 19.8 Å². The van der Waals surface area contributed by atoms with Gasteiger partial charge in [-0.1, -0.05) is 0 Å². The number of nitrogens with one attached hydrogen (secondary N) is 1. The average Bonchev–Trinajstić information content (AvgIpc) is 2.72. The highest BCUT2D eigenvalue weighted by molar-refractivity contribution is 5.79. The zero-order chi connectivity index (χ0) is 14.5. The highest BCUT2D eigenvalue weighted by atomic mass is 19.3. The van der Waals surface area contributed by atoms with Crippen LogP contribution in [0.2, 0.25) is 0 Å². The van der Waals surface area contributed by atoms with Crippen LogP contribution in [0.15, 0.2) is 0 Å². The van der Waals surface area contributed by atoms with E-state index < -0.39 is 18.0 Å². The first-order valence-electron chi connectivity index (χ1n) is 6.01. The molecule has 110 valence electrons. The second-order valence-corrected chi connectivity index (χ2v) is 4.75. The Hall–Kier alpha value is -1.44. The highest BCUT2D eigenvalue weighted by Gasteiger charge is 2.42. The van der Waals surface area contributed by atoms with Gasteiger partial charge in [0.1, 0.15) is 0 Å². The summed E-state index contributed by atoms with van der Waals surface area (Å²) in [4.78, 5) is 24.1. The molecular formula is C11H18F2N2O4. The molecule has 1 fully saturated rings. The van der Waals surface area contributed by atoms with Gasteiger partial charge in [0.2, 0.25) is 0 Å². The second-order valence-electron chi connectivity index (χ2n) is 4.75. The summed E-state index contributed by atoms with van der Waals surface area (Å²) in [5.74, 6) is -0.923. The van der Waals surface area contributed by atoms with Crippen LogP contribution in [-0.2, 0) is 9.53 Å². The molecule has 0 aromatic rings. The van der Waals surface area contributed by atoms with Crippen LogP contribution in [0.3, 0.4) is 0 Å². The van der Waals surface area contributed by atoms with E-state index in [-0.39, 0.29) is 32.1 Å². The Kier molecular flexibility index (Phi) is 5.46. The van der Waals surface area contributed by atoms with Crippen LogP contribution in [0, 0.1) is 5.41 Å². The quantitative estimate of drug-likeness (QED) is 0.715. The molecule has 1 aliphatic rings. The summed E-state index contributed by atoms with van der Waals surface area (Å²) in [5, 5.41) is 11.6. The van der Waals surface area contributed by atoms with Gasteiger partial charge in [-0.2, -0.15) is 8.78 Å². The van der Waals surface area contributed by atoms with Crippen LogP contribution in [0.5, 0.6) is 0 Å². The van der Waals surface area contributed by atoms with Gasteiger partial charge in [-0.3, -0.25) is 4.79 Å². The van der Waals surface area contributed by atoms with Crippen LogP contribution in [0.1, 0.15) is 19.8 Å². The van der Waals surface area contributed by atoms with Crippen molar-refractivity contribution in [3.8, 4) is 0 Å². The molecule has 8 heteroatoms. The van der Waals surface area contributed by atoms with E-state index in [4.69, 9.17) is 5.11 Å². The minimum Gasteiger partial charge on any atom is -0.481 e. The van der Waals surface area contributed by atoms with Crippen LogP contribution in [0.25, 0.3) is 0 Å². The topological polar surface area (TPSA) is 78.9 Å². The first-order chi connectivity index (χ1) is 8.85. The lowest BCUT2D eigenvalue weighted by Gasteiger charge is -2.20. The summed E-state index contributed by atoms with van der Waals surface area (Å²) in [5.41, 5.74) is -0.907. The van der Waals surface area contributed by atoms with Crippen molar-refractivity contribution in [3.05, 3.63) is 0 Å². The van der Waals surface area contributed by atoms with E-state index in [1.54, 1.807) is 6.92 Å². The number of nitrogens with zero attached hydrogens (tertiary/aromatic N) is 1. The first-order valence-corrected chi connectivity index (χ1v) is 6.01. The molecule has 0 bridgehead atoms. The number of rotatable bonds is 6. The number of likely N-dealkylation sites (tertiary alicyclic amines) is 1. The summed E-state index contributed by atoms with van der Waals surface area (Å²) in [6, 6.07) is -0.373. The number of halogens is 2. The molecule has 6 nitrogen and oxygen atoms in total. The van der Waals surface area contributed by atoms with Crippen molar-refractivity contribution >= 4 is 12.0 Å². The van der Waals surface area contributed by atoms with E-state index in [2.05, 4.69) is 10.1 Å². The normalized spacial score (nSPS) is 22.8. The van der Waals surface area contributed by atoms with Gasteiger partial charge in [0.25, 0.3) is 0 Å². The van der Waals surface area contributed by atoms with Crippen LogP contribution in [-0.4, -0.2) is 54.9 Å². The highest BCUT2D eigenvalue weighted by Crippen LogP contribution is 2.29. The number of carbonyl (C=O) groups excluding carboxylic acids is 1. The molecule has 1 atom stereocenters. The smallest absolute Gasteiger partial charge is 0.345 e. The van der Waals surface area contributed by atoms with Crippen molar-refractivity contribution in [2.45, 2.75) is 26.4 Å². The molecule has 0 aromatic carbocycles. The zero-order valence-electron chi connectivity index (χ0n) is 10.7. The molecule has 0 aromatic heterocycles. The largest absolute Gasteiger partial charge is 0.481 e. The van der Waals surface area contributed by atoms with Crippen LogP contribution >= 0.6 is 0 Å². The Morgan fingerprint density at radius 3 is 2.74 bits per heavy atom. The molecule has 0 saturated carbocycles. The Labute approximate surface area is 109 Å². The molecule has 1 saturated heterocycles. The number of amides is 2. The molecule has 1 aliphatic heterocycles. The number of hydrogen-bond acceptors (Lipinski definition) is 3. The Morgan fingerprint density at radius 2 is 2.21 bits per heavy atom. The van der Waals surface area contributed by atoms with E-state index in [1.165, 1.54) is 4.90 Å². The molecule has 2 N–H and O–H groups in total. The number of ether oxygens (including phenoxy) is 1. The number of carboxylic acids is 1. The SMILES string of the molecule is CC1(C(=O)O)CCN(C(=O)NCCCOC(F)F)C1. The van der Waals surface area contributed by atoms with E-state index in [0.29, 0.717) is 13.0 Å². The molecule has 1 unspecified atom stereocenters. The molecule has 1 rings (SSSR count). The molecule has 1 heterocycles. The molecular weight excluding hydrogens is 262 g/mol. The number of carbonyl (C=O) groups is 2. The van der Waals surface area contributed by atoms with E-state index in [1.807, 2.05) is 0 Å². The van der Waals surface area contributed by atoms with Gasteiger partial charge in [0.15, 0.2) is 0 Å². The summed E-state index contributed by atoms with van der Waals surface area (Å²) in [7, 11) is 0. The minimum absolute atomic E-state index is 0.134. The fourth-order valence-electron chi connectivity index (χ4n) is 1.86. The van der Waals surface area contributed by atoms with Crippen molar-refractivity contribution in [3.63, 3.8) is 0 Å². The number of aliphatic carboxylic acids is 1. The fraction of sp³-hybridized carbons (Fsp3) is 0.818. The Balaban J connectivity index is 2.23. The Bertz CT molecular complexity index is 341. The number of carboxylic acid groups (broad SMARTS) is 1. The monoisotopic (exact) mass is 280 g/mol. The molecule has 0 spiro atoms. The average molecular weight is 280 g/mol. The summed E-state index contributed by atoms with van der Waals surface area (Å²) in [6.07, 6.45) is 0.685. The van der Waals surface area contributed by atoms with Crippen molar-refractivity contribution < 1.29 is 28.2 Å². The van der Waals surface area contributed by atoms with Crippen molar-refractivity contribution in [2.24, 2.45) is 5.41 Å². The van der Waals surface area contributed by atoms with E-state index >= 15 is 0 Å². The Morgan fingerprint density at radius 1 is 1.53 bits per heavy atom. The predicted octanol–water partition coefficient (Wildman–Crippen LogP) is 1.12. The number of urea groups is 1. The summed E-state index contributed by atoms with van der Waals surface area (Å²) < 4.78 is 27.3.